The minimum Gasteiger partial charge on any atom is -0.492 e. The van der Waals surface area contributed by atoms with Crippen molar-refractivity contribution in [1.82, 2.24) is 4.31 Å². The molecule has 0 saturated carbocycles. The molecular formula is C19H21F3N2O3S. The molecule has 0 radical (unpaired) electrons. The average molecular weight is 414 g/mol. The van der Waals surface area contributed by atoms with Crippen LogP contribution in [0.3, 0.4) is 0 Å². The molecular weight excluding hydrogens is 393 g/mol. The number of rotatable bonds is 6. The number of para-hydroxylation sites is 1. The highest BCUT2D eigenvalue weighted by Crippen LogP contribution is 2.32. The van der Waals surface area contributed by atoms with Crippen LogP contribution < -0.4 is 9.64 Å². The van der Waals surface area contributed by atoms with Gasteiger partial charge in [0.25, 0.3) is 0 Å². The van der Waals surface area contributed by atoms with Gasteiger partial charge >= 0.3 is 6.18 Å². The second kappa shape index (κ2) is 8.40. The summed E-state index contributed by atoms with van der Waals surface area (Å²) in [4.78, 5) is 1.77. The van der Waals surface area contributed by atoms with Crippen molar-refractivity contribution in [2.45, 2.75) is 6.18 Å². The monoisotopic (exact) mass is 414 g/mol. The highest BCUT2D eigenvalue weighted by atomic mass is 32.2. The summed E-state index contributed by atoms with van der Waals surface area (Å²) in [6.07, 6.45) is -4.40. The van der Waals surface area contributed by atoms with Crippen molar-refractivity contribution in [3.63, 3.8) is 0 Å². The molecule has 9 heteroatoms. The molecule has 3 rings (SSSR count). The van der Waals surface area contributed by atoms with Crippen LogP contribution in [0, 0.1) is 0 Å². The smallest absolute Gasteiger partial charge is 0.416 e. The van der Waals surface area contributed by atoms with E-state index in [1.807, 2.05) is 6.07 Å². The number of anilines is 1. The van der Waals surface area contributed by atoms with E-state index in [2.05, 4.69) is 0 Å². The molecule has 1 heterocycles. The van der Waals surface area contributed by atoms with Gasteiger partial charge in [-0.1, -0.05) is 24.3 Å². The van der Waals surface area contributed by atoms with Gasteiger partial charge in [0.1, 0.15) is 12.4 Å². The van der Waals surface area contributed by atoms with E-state index >= 15 is 0 Å². The number of sulfonamides is 1. The third-order valence-corrected chi connectivity index (χ3v) is 6.36. The van der Waals surface area contributed by atoms with Crippen molar-refractivity contribution >= 4 is 15.7 Å². The normalized spacial score (nSPS) is 16.2. The number of piperazine rings is 1. The first-order valence-electron chi connectivity index (χ1n) is 8.83. The highest BCUT2D eigenvalue weighted by molar-refractivity contribution is 7.89. The van der Waals surface area contributed by atoms with Gasteiger partial charge in [-0.15, -0.1) is 0 Å². The van der Waals surface area contributed by atoms with Crippen molar-refractivity contribution in [1.29, 1.82) is 0 Å². The molecule has 0 spiro atoms. The maximum absolute atomic E-state index is 12.9. The molecule has 0 aromatic heterocycles. The van der Waals surface area contributed by atoms with E-state index < -0.39 is 21.8 Å². The van der Waals surface area contributed by atoms with Crippen molar-refractivity contribution < 1.29 is 26.3 Å². The third-order valence-electron chi connectivity index (χ3n) is 4.52. The fraction of sp³-hybridized carbons (Fsp3) is 0.368. The zero-order valence-electron chi connectivity index (χ0n) is 15.1. The molecule has 28 heavy (non-hydrogen) atoms. The topological polar surface area (TPSA) is 49.9 Å². The van der Waals surface area contributed by atoms with Crippen LogP contribution in [0.25, 0.3) is 0 Å². The van der Waals surface area contributed by atoms with Gasteiger partial charge < -0.3 is 9.64 Å². The fourth-order valence-corrected chi connectivity index (χ4v) is 4.29. The molecule has 0 N–H and O–H groups in total. The Kier molecular flexibility index (Phi) is 6.14. The first kappa shape index (κ1) is 20.5. The number of halogens is 3. The molecule has 1 saturated heterocycles. The molecule has 152 valence electrons. The van der Waals surface area contributed by atoms with Gasteiger partial charge in [-0.2, -0.15) is 17.5 Å². The molecule has 0 amide bonds. The van der Waals surface area contributed by atoms with Crippen LogP contribution in [0.4, 0.5) is 18.9 Å². The minimum atomic E-state index is -4.40. The Hall–Kier alpha value is -2.26. The van der Waals surface area contributed by atoms with Gasteiger partial charge in [0, 0.05) is 31.9 Å². The maximum atomic E-state index is 12.9. The highest BCUT2D eigenvalue weighted by Gasteiger charge is 2.32. The lowest BCUT2D eigenvalue weighted by molar-refractivity contribution is -0.137. The van der Waals surface area contributed by atoms with Crippen LogP contribution in [-0.2, 0) is 16.2 Å². The SMILES string of the molecule is O=S(=O)(CCOc1ccccc1)N1CCN(c2cccc(C(F)(F)F)c2)CC1. The zero-order chi connectivity index (χ0) is 20.2. The summed E-state index contributed by atoms with van der Waals surface area (Å²) in [5.74, 6) is 0.456. The van der Waals surface area contributed by atoms with Gasteiger partial charge in [-0.3, -0.25) is 0 Å². The molecule has 2 aromatic carbocycles. The maximum Gasteiger partial charge on any atom is 0.416 e. The van der Waals surface area contributed by atoms with E-state index in [4.69, 9.17) is 4.74 Å². The summed E-state index contributed by atoms with van der Waals surface area (Å²) in [6, 6.07) is 14.0. The third kappa shape index (κ3) is 5.17. The zero-order valence-corrected chi connectivity index (χ0v) is 15.9. The first-order chi connectivity index (χ1) is 13.3. The van der Waals surface area contributed by atoms with Crippen molar-refractivity contribution in [2.75, 3.05) is 43.4 Å². The van der Waals surface area contributed by atoms with Gasteiger partial charge in [0.2, 0.25) is 10.0 Å². The van der Waals surface area contributed by atoms with Crippen molar-refractivity contribution in [3.05, 3.63) is 60.2 Å². The van der Waals surface area contributed by atoms with Crippen molar-refractivity contribution in [2.24, 2.45) is 0 Å². The van der Waals surface area contributed by atoms with E-state index in [1.165, 1.54) is 10.4 Å². The molecule has 0 aliphatic carbocycles. The molecule has 1 aliphatic rings. The number of hydrogen-bond acceptors (Lipinski definition) is 4. The van der Waals surface area contributed by atoms with Crippen LogP contribution in [0.2, 0.25) is 0 Å². The largest absolute Gasteiger partial charge is 0.492 e. The second-order valence-electron chi connectivity index (χ2n) is 6.41. The van der Waals surface area contributed by atoms with Gasteiger partial charge in [-0.25, -0.2) is 8.42 Å². The number of nitrogens with zero attached hydrogens (tertiary/aromatic N) is 2. The number of benzene rings is 2. The lowest BCUT2D eigenvalue weighted by atomic mass is 10.1. The predicted molar refractivity (Wildman–Crippen MR) is 101 cm³/mol. The standard InChI is InChI=1S/C19H21F3N2O3S/c20-19(21,22)16-5-4-6-17(15-16)23-9-11-24(12-10-23)28(25,26)14-13-27-18-7-2-1-3-8-18/h1-8,15H,9-14H2. The molecule has 0 atom stereocenters. The number of alkyl halides is 3. The summed E-state index contributed by atoms with van der Waals surface area (Å²) in [5.41, 5.74) is -0.266. The van der Waals surface area contributed by atoms with Gasteiger partial charge in [0.15, 0.2) is 0 Å². The van der Waals surface area contributed by atoms with E-state index in [0.29, 0.717) is 24.5 Å². The van der Waals surface area contributed by atoms with Crippen LogP contribution in [-0.4, -0.2) is 51.3 Å². The van der Waals surface area contributed by atoms with E-state index in [9.17, 15) is 21.6 Å². The van der Waals surface area contributed by atoms with Crippen LogP contribution in [0.5, 0.6) is 5.75 Å². The van der Waals surface area contributed by atoms with Gasteiger partial charge in [0.05, 0.1) is 11.3 Å². The quantitative estimate of drug-likeness (QED) is 0.728. The Morgan fingerprint density at radius 1 is 0.929 bits per heavy atom. The minimum absolute atomic E-state index is 0.0419. The Bertz CT molecular complexity index is 881. The molecule has 2 aromatic rings. The summed E-state index contributed by atoms with van der Waals surface area (Å²) in [6.45, 7) is 1.16. The van der Waals surface area contributed by atoms with E-state index in [-0.39, 0.29) is 25.4 Å². The van der Waals surface area contributed by atoms with Crippen molar-refractivity contribution in [3.8, 4) is 5.75 Å². The Balaban J connectivity index is 1.54. The molecule has 1 fully saturated rings. The van der Waals surface area contributed by atoms with Crippen LogP contribution >= 0.6 is 0 Å². The second-order valence-corrected chi connectivity index (χ2v) is 8.50. The van der Waals surface area contributed by atoms with Crippen LogP contribution in [0.15, 0.2) is 54.6 Å². The Labute approximate surface area is 162 Å². The Morgan fingerprint density at radius 3 is 2.25 bits per heavy atom. The lowest BCUT2D eigenvalue weighted by Crippen LogP contribution is -2.49. The Morgan fingerprint density at radius 2 is 1.61 bits per heavy atom. The fourth-order valence-electron chi connectivity index (χ4n) is 3.01. The van der Waals surface area contributed by atoms with E-state index in [1.54, 1.807) is 35.2 Å². The predicted octanol–water partition coefficient (Wildman–Crippen LogP) is 3.24. The molecule has 1 aliphatic heterocycles. The molecule has 5 nitrogen and oxygen atoms in total. The average Bonchev–Trinajstić information content (AvgIpc) is 2.68. The summed E-state index contributed by atoms with van der Waals surface area (Å²) in [7, 11) is -3.49. The number of hydrogen-bond donors (Lipinski definition) is 0. The summed E-state index contributed by atoms with van der Waals surface area (Å²) in [5, 5.41) is 0. The van der Waals surface area contributed by atoms with Crippen LogP contribution in [0.1, 0.15) is 5.56 Å². The lowest BCUT2D eigenvalue weighted by Gasteiger charge is -2.35. The number of ether oxygens (including phenoxy) is 1. The molecule has 0 unspecified atom stereocenters. The summed E-state index contributed by atoms with van der Waals surface area (Å²) >= 11 is 0. The van der Waals surface area contributed by atoms with E-state index in [0.717, 1.165) is 12.1 Å². The molecule has 0 bridgehead atoms. The summed E-state index contributed by atoms with van der Waals surface area (Å²) < 4.78 is 70.4. The first-order valence-corrected chi connectivity index (χ1v) is 10.4. The van der Waals surface area contributed by atoms with Gasteiger partial charge in [-0.05, 0) is 30.3 Å².